The molecule has 5 rings (SSSR count). The zero-order valence-corrected chi connectivity index (χ0v) is 21.9. The number of rotatable bonds is 8. The summed E-state index contributed by atoms with van der Waals surface area (Å²) in [5.74, 6) is -0.676. The van der Waals surface area contributed by atoms with Crippen LogP contribution in [0.15, 0.2) is 91.1 Å². The van der Waals surface area contributed by atoms with E-state index in [2.05, 4.69) is 11.5 Å². The lowest BCUT2D eigenvalue weighted by Gasteiger charge is -2.39. The second-order valence-electron chi connectivity index (χ2n) is 9.48. The van der Waals surface area contributed by atoms with Gasteiger partial charge in [0.25, 0.3) is 0 Å². The van der Waals surface area contributed by atoms with Crippen LogP contribution in [0.5, 0.6) is 0 Å². The lowest BCUT2D eigenvalue weighted by Crippen LogP contribution is -2.47. The molecule has 0 radical (unpaired) electrons. The van der Waals surface area contributed by atoms with E-state index in [0.29, 0.717) is 17.1 Å². The normalized spacial score (nSPS) is 14.1. The van der Waals surface area contributed by atoms with Crippen LogP contribution < -0.4 is 4.90 Å². The van der Waals surface area contributed by atoms with Crippen molar-refractivity contribution in [2.24, 2.45) is 0 Å². The summed E-state index contributed by atoms with van der Waals surface area (Å²) in [6.07, 6.45) is 3.78. The van der Waals surface area contributed by atoms with E-state index in [0.717, 1.165) is 35.5 Å². The minimum Gasteiger partial charge on any atom is -0.333 e. The first-order chi connectivity index (χ1) is 18.5. The highest BCUT2D eigenvalue weighted by Gasteiger charge is 2.36. The fourth-order valence-corrected chi connectivity index (χ4v) is 5.12. The molecule has 1 atom stereocenters. The minimum atomic E-state index is -0.384. The fourth-order valence-electron chi connectivity index (χ4n) is 4.99. The van der Waals surface area contributed by atoms with E-state index in [1.165, 1.54) is 12.1 Å². The molecule has 3 aromatic carbocycles. The number of nitrogens with zero attached hydrogens (tertiary/aromatic N) is 3. The molecule has 2 heterocycles. The fraction of sp³-hybridized carbons (Fsp3) is 0.226. The van der Waals surface area contributed by atoms with E-state index >= 15 is 0 Å². The van der Waals surface area contributed by atoms with Gasteiger partial charge in [0.05, 0.1) is 23.5 Å². The highest BCUT2D eigenvalue weighted by molar-refractivity contribution is 6.30. The van der Waals surface area contributed by atoms with Gasteiger partial charge in [0.15, 0.2) is 0 Å². The number of hydrogen-bond donors (Lipinski definition) is 0. The summed E-state index contributed by atoms with van der Waals surface area (Å²) in [6, 6.07) is 24.9. The number of para-hydroxylation sites is 2. The number of carbonyl (C=O) groups excluding carboxylic acids is 2. The molecule has 194 valence electrons. The molecule has 0 bridgehead atoms. The number of fused-ring (bicyclic) bond motifs is 3. The van der Waals surface area contributed by atoms with E-state index in [4.69, 9.17) is 11.6 Å². The Hall–Kier alpha value is -3.90. The number of halogens is 2. The molecular formula is C31H29ClFN3O2. The largest absolute Gasteiger partial charge is 0.333 e. The molecular weight excluding hydrogens is 501 g/mol. The molecule has 0 saturated carbocycles. The molecule has 1 unspecified atom stereocenters. The first-order valence-corrected chi connectivity index (χ1v) is 13.2. The number of carbonyl (C=O) groups is 2. The minimum absolute atomic E-state index is 0.0564. The molecule has 7 heteroatoms. The Kier molecular flexibility index (Phi) is 7.61. The van der Waals surface area contributed by atoms with Gasteiger partial charge in [-0.3, -0.25) is 14.5 Å². The predicted molar refractivity (Wildman–Crippen MR) is 148 cm³/mol. The monoisotopic (exact) mass is 529 g/mol. The summed E-state index contributed by atoms with van der Waals surface area (Å²) in [7, 11) is 0. The molecule has 38 heavy (non-hydrogen) atoms. The molecule has 0 fully saturated rings. The molecule has 1 aromatic heterocycles. The summed E-state index contributed by atoms with van der Waals surface area (Å²) < 4.78 is 15.5. The summed E-state index contributed by atoms with van der Waals surface area (Å²) in [6.45, 7) is 2.47. The van der Waals surface area contributed by atoms with Gasteiger partial charge < -0.3 is 9.47 Å². The average Bonchev–Trinajstić information content (AvgIpc) is 3.42. The van der Waals surface area contributed by atoms with Crippen LogP contribution in [-0.4, -0.2) is 34.4 Å². The summed E-state index contributed by atoms with van der Waals surface area (Å²) >= 11 is 6.19. The van der Waals surface area contributed by atoms with E-state index in [-0.39, 0.29) is 36.6 Å². The summed E-state index contributed by atoms with van der Waals surface area (Å²) in [5, 5.41) is 0.621. The number of benzene rings is 3. The van der Waals surface area contributed by atoms with Gasteiger partial charge in [-0.05, 0) is 66.1 Å². The van der Waals surface area contributed by atoms with Crippen molar-refractivity contribution >= 4 is 29.1 Å². The molecule has 1 aliphatic rings. The van der Waals surface area contributed by atoms with Crippen LogP contribution >= 0.6 is 11.6 Å². The van der Waals surface area contributed by atoms with Gasteiger partial charge in [-0.2, -0.15) is 0 Å². The van der Waals surface area contributed by atoms with Crippen molar-refractivity contribution < 1.29 is 14.0 Å². The lowest BCUT2D eigenvalue weighted by atomic mass is 9.97. The zero-order valence-electron chi connectivity index (χ0n) is 21.2. The van der Waals surface area contributed by atoms with Crippen molar-refractivity contribution in [1.29, 1.82) is 0 Å². The van der Waals surface area contributed by atoms with Crippen molar-refractivity contribution in [2.75, 3.05) is 18.0 Å². The van der Waals surface area contributed by atoms with Crippen LogP contribution in [0.1, 0.15) is 42.6 Å². The molecule has 5 nitrogen and oxygen atoms in total. The number of anilines is 1. The number of amides is 2. The van der Waals surface area contributed by atoms with Crippen molar-refractivity contribution in [3.8, 4) is 5.69 Å². The van der Waals surface area contributed by atoms with E-state index in [9.17, 15) is 14.0 Å². The van der Waals surface area contributed by atoms with Gasteiger partial charge in [-0.15, -0.1) is 0 Å². The maximum atomic E-state index is 14.2. The smallest absolute Gasteiger partial charge is 0.247 e. The van der Waals surface area contributed by atoms with Crippen LogP contribution in [0.2, 0.25) is 5.02 Å². The quantitative estimate of drug-likeness (QED) is 0.259. The van der Waals surface area contributed by atoms with Crippen LogP contribution in [0.3, 0.4) is 0 Å². The third-order valence-electron chi connectivity index (χ3n) is 6.90. The van der Waals surface area contributed by atoms with Crippen LogP contribution in [0.4, 0.5) is 10.1 Å². The number of hydrogen-bond acceptors (Lipinski definition) is 2. The molecule has 1 aliphatic heterocycles. The van der Waals surface area contributed by atoms with Crippen molar-refractivity contribution in [1.82, 2.24) is 9.47 Å². The standard InChI is InChI=1S/C31H29ClFN3O2/c1-2-3-18-34(29(37)20-22-10-16-25(33)17-11-22)21-30(38)36-27-8-5-4-7-26(27)35-19-6-9-28(35)31(36)23-12-14-24(32)15-13-23/h4-17,19,31H,2-3,18,20-21H2,1H3. The van der Waals surface area contributed by atoms with E-state index in [1.54, 1.807) is 21.9 Å². The lowest BCUT2D eigenvalue weighted by molar-refractivity contribution is -0.134. The van der Waals surface area contributed by atoms with Crippen molar-refractivity contribution in [3.05, 3.63) is 119 Å². The molecule has 2 amide bonds. The Morgan fingerprint density at radius 1 is 0.921 bits per heavy atom. The van der Waals surface area contributed by atoms with Gasteiger partial charge in [-0.25, -0.2) is 4.39 Å². The molecule has 0 spiro atoms. The number of aromatic nitrogens is 1. The van der Waals surface area contributed by atoms with Crippen LogP contribution in [0.25, 0.3) is 5.69 Å². The Morgan fingerprint density at radius 2 is 1.63 bits per heavy atom. The predicted octanol–water partition coefficient (Wildman–Crippen LogP) is 6.58. The topological polar surface area (TPSA) is 45.6 Å². The Morgan fingerprint density at radius 3 is 2.34 bits per heavy atom. The third kappa shape index (κ3) is 5.22. The highest BCUT2D eigenvalue weighted by Crippen LogP contribution is 2.42. The Labute approximate surface area is 227 Å². The molecule has 0 N–H and O–H groups in total. The van der Waals surface area contributed by atoms with E-state index in [1.807, 2.05) is 66.9 Å². The first kappa shape index (κ1) is 25.7. The maximum absolute atomic E-state index is 14.2. The number of unbranched alkanes of at least 4 members (excludes halogenated alkanes) is 1. The molecule has 0 saturated heterocycles. The van der Waals surface area contributed by atoms with Gasteiger partial charge in [-0.1, -0.05) is 61.3 Å². The Bertz CT molecular complexity index is 1430. The summed E-state index contributed by atoms with van der Waals surface area (Å²) in [5.41, 5.74) is 4.28. The summed E-state index contributed by atoms with van der Waals surface area (Å²) in [4.78, 5) is 31.0. The van der Waals surface area contributed by atoms with Gasteiger partial charge in [0.2, 0.25) is 11.8 Å². The zero-order chi connectivity index (χ0) is 26.6. The highest BCUT2D eigenvalue weighted by atomic mass is 35.5. The first-order valence-electron chi connectivity index (χ1n) is 12.8. The molecule has 0 aliphatic carbocycles. The molecule has 4 aromatic rings. The average molecular weight is 530 g/mol. The maximum Gasteiger partial charge on any atom is 0.247 e. The van der Waals surface area contributed by atoms with Crippen molar-refractivity contribution in [2.45, 2.75) is 32.2 Å². The van der Waals surface area contributed by atoms with Crippen LogP contribution in [0, 0.1) is 5.82 Å². The third-order valence-corrected chi connectivity index (χ3v) is 7.15. The van der Waals surface area contributed by atoms with Gasteiger partial charge >= 0.3 is 0 Å². The SMILES string of the molecule is CCCCN(CC(=O)N1c2ccccc2-n2cccc2C1c1ccc(Cl)cc1)C(=O)Cc1ccc(F)cc1. The Balaban J connectivity index is 1.49. The van der Waals surface area contributed by atoms with Gasteiger partial charge in [0, 0.05) is 17.8 Å². The van der Waals surface area contributed by atoms with Gasteiger partial charge in [0.1, 0.15) is 18.4 Å². The second kappa shape index (κ2) is 11.2. The van der Waals surface area contributed by atoms with Crippen LogP contribution in [-0.2, 0) is 16.0 Å². The van der Waals surface area contributed by atoms with E-state index < -0.39 is 0 Å². The van der Waals surface area contributed by atoms with Crippen molar-refractivity contribution in [3.63, 3.8) is 0 Å². The second-order valence-corrected chi connectivity index (χ2v) is 9.92.